The van der Waals surface area contributed by atoms with E-state index in [9.17, 15) is 4.79 Å². The number of nitrogens with zero attached hydrogens (tertiary/aromatic N) is 3. The molecule has 1 saturated heterocycles. The fourth-order valence-corrected chi connectivity index (χ4v) is 1.20. The van der Waals surface area contributed by atoms with E-state index in [-0.39, 0.29) is 5.91 Å². The Morgan fingerprint density at radius 3 is 2.92 bits per heavy atom. The molecular formula is C7H11N5O. The molecule has 1 amide bonds. The summed E-state index contributed by atoms with van der Waals surface area (Å²) in [5.41, 5.74) is 0.370. The molecule has 0 unspecified atom stereocenters. The highest BCUT2D eigenvalue weighted by Gasteiger charge is 2.26. The van der Waals surface area contributed by atoms with Crippen molar-refractivity contribution in [3.05, 3.63) is 11.9 Å². The lowest BCUT2D eigenvalue weighted by Gasteiger charge is -2.35. The molecule has 0 atom stereocenters. The highest BCUT2D eigenvalue weighted by atomic mass is 16.2. The summed E-state index contributed by atoms with van der Waals surface area (Å²) in [7, 11) is 1.78. The van der Waals surface area contributed by atoms with Gasteiger partial charge in [-0.15, -0.1) is 0 Å². The van der Waals surface area contributed by atoms with Gasteiger partial charge in [0.25, 0.3) is 5.91 Å². The minimum atomic E-state index is -0.0831. The Morgan fingerprint density at radius 1 is 1.69 bits per heavy atom. The van der Waals surface area contributed by atoms with Crippen LogP contribution in [-0.2, 0) is 0 Å². The van der Waals surface area contributed by atoms with Crippen LogP contribution in [0.15, 0.2) is 6.20 Å². The standard InChI is InChI=1S/C7H11N5O/c1-12(5-2-8-3-5)7(13)6-4-9-11-10-6/h4-5,8H,2-3H2,1H3,(H,9,10,11). The van der Waals surface area contributed by atoms with Crippen molar-refractivity contribution in [1.82, 2.24) is 25.6 Å². The molecule has 6 nitrogen and oxygen atoms in total. The Morgan fingerprint density at radius 2 is 2.46 bits per heavy atom. The van der Waals surface area contributed by atoms with Crippen LogP contribution in [0.3, 0.4) is 0 Å². The third-order valence-electron chi connectivity index (χ3n) is 2.26. The largest absolute Gasteiger partial charge is 0.335 e. The Hall–Kier alpha value is -1.43. The van der Waals surface area contributed by atoms with E-state index in [1.54, 1.807) is 11.9 Å². The summed E-state index contributed by atoms with van der Waals surface area (Å²) in [6.07, 6.45) is 1.44. The summed E-state index contributed by atoms with van der Waals surface area (Å²) in [4.78, 5) is 13.3. The average Bonchev–Trinajstić information content (AvgIpc) is 2.51. The number of amides is 1. The molecule has 0 saturated carbocycles. The first-order valence-corrected chi connectivity index (χ1v) is 4.12. The maximum absolute atomic E-state index is 11.6. The van der Waals surface area contributed by atoms with Crippen LogP contribution in [0.2, 0.25) is 0 Å². The van der Waals surface area contributed by atoms with Gasteiger partial charge in [-0.25, -0.2) is 0 Å². The van der Waals surface area contributed by atoms with Gasteiger partial charge in [0.1, 0.15) is 0 Å². The number of aromatic nitrogens is 3. The van der Waals surface area contributed by atoms with E-state index >= 15 is 0 Å². The van der Waals surface area contributed by atoms with Crippen molar-refractivity contribution in [3.63, 3.8) is 0 Å². The molecule has 0 bridgehead atoms. The monoisotopic (exact) mass is 181 g/mol. The topological polar surface area (TPSA) is 73.9 Å². The van der Waals surface area contributed by atoms with E-state index in [4.69, 9.17) is 0 Å². The zero-order valence-corrected chi connectivity index (χ0v) is 7.32. The maximum atomic E-state index is 11.6. The number of nitrogens with one attached hydrogen (secondary N) is 2. The van der Waals surface area contributed by atoms with Crippen LogP contribution in [0.1, 0.15) is 10.5 Å². The molecule has 1 aromatic heterocycles. The van der Waals surface area contributed by atoms with Gasteiger partial charge in [0.2, 0.25) is 0 Å². The number of H-pyrrole nitrogens is 1. The molecule has 2 N–H and O–H groups in total. The van der Waals surface area contributed by atoms with Gasteiger partial charge in [0.05, 0.1) is 12.2 Å². The first-order valence-electron chi connectivity index (χ1n) is 4.12. The minimum absolute atomic E-state index is 0.0831. The number of likely N-dealkylation sites (N-methyl/N-ethyl adjacent to an activating group) is 1. The van der Waals surface area contributed by atoms with Crippen LogP contribution in [0, 0.1) is 0 Å². The van der Waals surface area contributed by atoms with Crippen molar-refractivity contribution in [2.75, 3.05) is 20.1 Å². The van der Waals surface area contributed by atoms with Gasteiger partial charge in [-0.05, 0) is 0 Å². The summed E-state index contributed by atoms with van der Waals surface area (Å²) in [6, 6.07) is 0.296. The molecule has 6 heteroatoms. The Labute approximate surface area is 75.3 Å². The van der Waals surface area contributed by atoms with Crippen molar-refractivity contribution in [2.24, 2.45) is 0 Å². The van der Waals surface area contributed by atoms with Crippen molar-refractivity contribution < 1.29 is 4.79 Å². The second-order valence-corrected chi connectivity index (χ2v) is 3.08. The number of rotatable bonds is 2. The Bertz CT molecular complexity index is 292. The van der Waals surface area contributed by atoms with Gasteiger partial charge in [0, 0.05) is 20.1 Å². The minimum Gasteiger partial charge on any atom is -0.335 e. The fourth-order valence-electron chi connectivity index (χ4n) is 1.20. The van der Waals surface area contributed by atoms with Crippen molar-refractivity contribution in [1.29, 1.82) is 0 Å². The quantitative estimate of drug-likeness (QED) is 0.604. The maximum Gasteiger partial charge on any atom is 0.276 e. The molecule has 1 fully saturated rings. The van der Waals surface area contributed by atoms with Crippen LogP contribution < -0.4 is 5.32 Å². The van der Waals surface area contributed by atoms with Crippen molar-refractivity contribution >= 4 is 5.91 Å². The number of hydrogen-bond donors (Lipinski definition) is 2. The predicted molar refractivity (Wildman–Crippen MR) is 45.1 cm³/mol. The predicted octanol–water partition coefficient (Wildman–Crippen LogP) is -1.15. The molecule has 0 radical (unpaired) electrons. The normalized spacial score (nSPS) is 16.7. The van der Waals surface area contributed by atoms with E-state index in [1.807, 2.05) is 0 Å². The molecular weight excluding hydrogens is 170 g/mol. The van der Waals surface area contributed by atoms with E-state index in [0.717, 1.165) is 13.1 Å². The zero-order chi connectivity index (χ0) is 9.26. The number of hydrogen-bond acceptors (Lipinski definition) is 4. The molecule has 2 rings (SSSR count). The SMILES string of the molecule is CN(C(=O)c1cn[nH]n1)C1CNC1. The average molecular weight is 181 g/mol. The number of carbonyl (C=O) groups excluding carboxylic acids is 1. The summed E-state index contributed by atoms with van der Waals surface area (Å²) < 4.78 is 0. The summed E-state index contributed by atoms with van der Waals surface area (Å²) >= 11 is 0. The highest BCUT2D eigenvalue weighted by molar-refractivity contribution is 5.92. The lowest BCUT2D eigenvalue weighted by molar-refractivity contribution is 0.0675. The third kappa shape index (κ3) is 1.40. The van der Waals surface area contributed by atoms with Crippen LogP contribution >= 0.6 is 0 Å². The molecule has 2 heterocycles. The highest BCUT2D eigenvalue weighted by Crippen LogP contribution is 2.05. The van der Waals surface area contributed by atoms with Crippen molar-refractivity contribution in [2.45, 2.75) is 6.04 Å². The van der Waals surface area contributed by atoms with Gasteiger partial charge in [-0.1, -0.05) is 0 Å². The van der Waals surface area contributed by atoms with E-state index in [0.29, 0.717) is 11.7 Å². The first kappa shape index (κ1) is 8.18. The molecule has 1 aliphatic rings. The summed E-state index contributed by atoms with van der Waals surface area (Å²) in [6.45, 7) is 1.72. The van der Waals surface area contributed by atoms with E-state index < -0.39 is 0 Å². The van der Waals surface area contributed by atoms with Crippen molar-refractivity contribution in [3.8, 4) is 0 Å². The van der Waals surface area contributed by atoms with E-state index in [1.165, 1.54) is 6.20 Å². The van der Waals surface area contributed by atoms with Gasteiger partial charge in [0.15, 0.2) is 5.69 Å². The Kier molecular flexibility index (Phi) is 1.97. The molecule has 0 aliphatic carbocycles. The summed E-state index contributed by atoms with van der Waals surface area (Å²) in [5.74, 6) is -0.0831. The van der Waals surface area contributed by atoms with Gasteiger partial charge in [-0.2, -0.15) is 15.4 Å². The lowest BCUT2D eigenvalue weighted by atomic mass is 10.1. The molecule has 0 spiro atoms. The Balaban J connectivity index is 2.04. The third-order valence-corrected chi connectivity index (χ3v) is 2.26. The smallest absolute Gasteiger partial charge is 0.276 e. The molecule has 1 aromatic rings. The second-order valence-electron chi connectivity index (χ2n) is 3.08. The van der Waals surface area contributed by atoms with Gasteiger partial charge >= 0.3 is 0 Å². The van der Waals surface area contributed by atoms with Gasteiger partial charge < -0.3 is 10.2 Å². The van der Waals surface area contributed by atoms with Crippen LogP contribution in [0.25, 0.3) is 0 Å². The van der Waals surface area contributed by atoms with Crippen LogP contribution in [0.5, 0.6) is 0 Å². The van der Waals surface area contributed by atoms with Crippen LogP contribution in [0.4, 0.5) is 0 Å². The summed E-state index contributed by atoms with van der Waals surface area (Å²) in [5, 5.41) is 12.8. The first-order chi connectivity index (χ1) is 6.29. The molecule has 13 heavy (non-hydrogen) atoms. The number of carbonyl (C=O) groups is 1. The molecule has 0 aromatic carbocycles. The lowest BCUT2D eigenvalue weighted by Crippen LogP contribution is -2.57. The molecule has 1 aliphatic heterocycles. The van der Waals surface area contributed by atoms with E-state index in [2.05, 4.69) is 20.7 Å². The van der Waals surface area contributed by atoms with Crippen LogP contribution in [-0.4, -0.2) is 52.4 Å². The number of aromatic amines is 1. The fraction of sp³-hybridized carbons (Fsp3) is 0.571. The molecule has 70 valence electrons. The second kappa shape index (κ2) is 3.14. The zero-order valence-electron chi connectivity index (χ0n) is 7.32. The van der Waals surface area contributed by atoms with Gasteiger partial charge in [-0.3, -0.25) is 4.79 Å².